The zero-order chi connectivity index (χ0) is 23.6. The van der Waals surface area contributed by atoms with E-state index in [0.717, 1.165) is 11.3 Å². The van der Waals surface area contributed by atoms with E-state index >= 15 is 0 Å². The van der Waals surface area contributed by atoms with E-state index in [4.69, 9.17) is 9.47 Å². The van der Waals surface area contributed by atoms with Crippen molar-refractivity contribution in [2.75, 3.05) is 24.4 Å². The number of rotatable bonds is 8. The Kier molecular flexibility index (Phi) is 7.81. The van der Waals surface area contributed by atoms with Crippen LogP contribution >= 0.6 is 0 Å². The standard InChI is InChI=1S/C26H23N3O4/c1-18-7-3-4-8-22(18)28-25(30)17-33-21-13-11-19(12-14-21)15-20(16-27)26(31)29-23-9-5-6-10-24(23)32-2/h3-15H,17H2,1-2H3,(H,28,30)(H,29,31)/b20-15-. The summed E-state index contributed by atoms with van der Waals surface area (Å²) in [6, 6.07) is 23.1. The van der Waals surface area contributed by atoms with Crippen LogP contribution in [0.4, 0.5) is 11.4 Å². The van der Waals surface area contributed by atoms with Gasteiger partial charge in [-0.2, -0.15) is 5.26 Å². The molecule has 0 saturated carbocycles. The molecular weight excluding hydrogens is 418 g/mol. The highest BCUT2D eigenvalue weighted by Crippen LogP contribution is 2.24. The van der Waals surface area contributed by atoms with E-state index in [2.05, 4.69) is 10.6 Å². The molecule has 0 heterocycles. The first kappa shape index (κ1) is 23.1. The second kappa shape index (κ2) is 11.2. The van der Waals surface area contributed by atoms with Crippen molar-refractivity contribution >= 4 is 29.3 Å². The number of methoxy groups -OCH3 is 1. The van der Waals surface area contributed by atoms with Gasteiger partial charge in [-0.15, -0.1) is 0 Å². The molecule has 33 heavy (non-hydrogen) atoms. The lowest BCUT2D eigenvalue weighted by atomic mass is 10.1. The third-order valence-electron chi connectivity index (χ3n) is 4.70. The number of ether oxygens (including phenoxy) is 2. The Morgan fingerprint density at radius 2 is 1.61 bits per heavy atom. The number of aryl methyl sites for hydroxylation is 1. The van der Waals surface area contributed by atoms with Crippen LogP contribution in [0.3, 0.4) is 0 Å². The van der Waals surface area contributed by atoms with Crippen molar-refractivity contribution < 1.29 is 19.1 Å². The van der Waals surface area contributed by atoms with Gasteiger partial charge >= 0.3 is 0 Å². The van der Waals surface area contributed by atoms with E-state index in [1.54, 1.807) is 48.5 Å². The van der Waals surface area contributed by atoms with Crippen LogP contribution in [0.15, 0.2) is 78.4 Å². The molecule has 0 aliphatic rings. The Balaban J connectivity index is 1.60. The fraction of sp³-hybridized carbons (Fsp3) is 0.115. The predicted molar refractivity (Wildman–Crippen MR) is 127 cm³/mol. The molecular formula is C26H23N3O4. The Bertz CT molecular complexity index is 1210. The average Bonchev–Trinajstić information content (AvgIpc) is 2.83. The first-order valence-corrected chi connectivity index (χ1v) is 10.1. The molecule has 7 heteroatoms. The summed E-state index contributed by atoms with van der Waals surface area (Å²) >= 11 is 0. The van der Waals surface area contributed by atoms with Crippen LogP contribution in [0, 0.1) is 18.3 Å². The zero-order valence-corrected chi connectivity index (χ0v) is 18.3. The van der Waals surface area contributed by atoms with E-state index in [1.807, 2.05) is 37.3 Å². The van der Waals surface area contributed by atoms with Crippen LogP contribution in [0.5, 0.6) is 11.5 Å². The topological polar surface area (TPSA) is 100 Å². The fourth-order valence-electron chi connectivity index (χ4n) is 2.96. The molecule has 0 radical (unpaired) electrons. The molecule has 0 unspecified atom stereocenters. The number of amides is 2. The van der Waals surface area contributed by atoms with Gasteiger partial charge in [0, 0.05) is 5.69 Å². The van der Waals surface area contributed by atoms with Crippen LogP contribution in [0.2, 0.25) is 0 Å². The second-order valence-electron chi connectivity index (χ2n) is 7.05. The molecule has 2 N–H and O–H groups in total. The van der Waals surface area contributed by atoms with Crippen molar-refractivity contribution in [2.24, 2.45) is 0 Å². The summed E-state index contributed by atoms with van der Waals surface area (Å²) in [4.78, 5) is 24.6. The lowest BCUT2D eigenvalue weighted by Crippen LogP contribution is -2.20. The number of carbonyl (C=O) groups excluding carboxylic acids is 2. The highest BCUT2D eigenvalue weighted by Gasteiger charge is 2.12. The molecule has 3 aromatic carbocycles. The zero-order valence-electron chi connectivity index (χ0n) is 18.3. The monoisotopic (exact) mass is 441 g/mol. The summed E-state index contributed by atoms with van der Waals surface area (Å²) in [5.74, 6) is 0.170. The van der Waals surface area contributed by atoms with E-state index in [-0.39, 0.29) is 18.1 Å². The molecule has 0 spiro atoms. The first-order valence-electron chi connectivity index (χ1n) is 10.1. The third-order valence-corrected chi connectivity index (χ3v) is 4.70. The summed E-state index contributed by atoms with van der Waals surface area (Å²) in [5.41, 5.74) is 2.75. The van der Waals surface area contributed by atoms with Crippen molar-refractivity contribution in [3.63, 3.8) is 0 Å². The summed E-state index contributed by atoms with van der Waals surface area (Å²) in [6.07, 6.45) is 1.47. The minimum atomic E-state index is -0.546. The van der Waals surface area contributed by atoms with Gasteiger partial charge in [0.05, 0.1) is 12.8 Å². The number of nitriles is 1. The smallest absolute Gasteiger partial charge is 0.266 e. The molecule has 0 saturated heterocycles. The molecule has 0 aliphatic heterocycles. The number of hydrogen-bond donors (Lipinski definition) is 2. The highest BCUT2D eigenvalue weighted by atomic mass is 16.5. The maximum Gasteiger partial charge on any atom is 0.266 e. The quantitative estimate of drug-likeness (QED) is 0.394. The Labute approximate surface area is 192 Å². The molecule has 2 amide bonds. The van der Waals surface area contributed by atoms with Gasteiger partial charge in [-0.3, -0.25) is 9.59 Å². The van der Waals surface area contributed by atoms with Crippen molar-refractivity contribution in [2.45, 2.75) is 6.92 Å². The van der Waals surface area contributed by atoms with E-state index in [0.29, 0.717) is 22.7 Å². The van der Waals surface area contributed by atoms with Gasteiger partial charge < -0.3 is 20.1 Å². The van der Waals surface area contributed by atoms with Crippen LogP contribution in [-0.4, -0.2) is 25.5 Å². The summed E-state index contributed by atoms with van der Waals surface area (Å²) in [5, 5.41) is 14.9. The lowest BCUT2D eigenvalue weighted by Gasteiger charge is -2.10. The number of nitrogens with zero attached hydrogens (tertiary/aromatic N) is 1. The Hall–Kier alpha value is -4.57. The van der Waals surface area contributed by atoms with Crippen molar-refractivity contribution in [1.82, 2.24) is 0 Å². The Morgan fingerprint density at radius 3 is 2.27 bits per heavy atom. The van der Waals surface area contributed by atoms with Crippen LogP contribution in [0.25, 0.3) is 6.08 Å². The molecule has 0 aliphatic carbocycles. The number of nitrogens with one attached hydrogen (secondary N) is 2. The highest BCUT2D eigenvalue weighted by molar-refractivity contribution is 6.10. The van der Waals surface area contributed by atoms with Crippen LogP contribution < -0.4 is 20.1 Å². The molecule has 0 aromatic heterocycles. The van der Waals surface area contributed by atoms with Crippen molar-refractivity contribution in [3.05, 3.63) is 89.5 Å². The van der Waals surface area contributed by atoms with Gasteiger partial charge in [0.1, 0.15) is 23.1 Å². The molecule has 3 rings (SSSR count). The van der Waals surface area contributed by atoms with Gasteiger partial charge in [0.25, 0.3) is 11.8 Å². The molecule has 166 valence electrons. The van der Waals surface area contributed by atoms with Crippen molar-refractivity contribution in [3.8, 4) is 17.6 Å². The van der Waals surface area contributed by atoms with E-state index in [9.17, 15) is 14.9 Å². The number of carbonyl (C=O) groups is 2. The van der Waals surface area contributed by atoms with Gasteiger partial charge in [0.15, 0.2) is 6.61 Å². The number of anilines is 2. The SMILES string of the molecule is COc1ccccc1NC(=O)/C(C#N)=C\c1ccc(OCC(=O)Nc2ccccc2C)cc1. The molecule has 3 aromatic rings. The summed E-state index contributed by atoms with van der Waals surface area (Å²) in [7, 11) is 1.50. The average molecular weight is 441 g/mol. The second-order valence-corrected chi connectivity index (χ2v) is 7.05. The summed E-state index contributed by atoms with van der Waals surface area (Å²) < 4.78 is 10.7. The molecule has 7 nitrogen and oxygen atoms in total. The van der Waals surface area contributed by atoms with E-state index in [1.165, 1.54) is 13.2 Å². The normalized spacial score (nSPS) is 10.6. The molecule has 0 bridgehead atoms. The first-order chi connectivity index (χ1) is 16.0. The van der Waals surface area contributed by atoms with Crippen molar-refractivity contribution in [1.29, 1.82) is 5.26 Å². The van der Waals surface area contributed by atoms with Gasteiger partial charge in [-0.05, 0) is 54.5 Å². The molecule has 0 atom stereocenters. The lowest BCUT2D eigenvalue weighted by molar-refractivity contribution is -0.118. The maximum absolute atomic E-state index is 12.5. The minimum absolute atomic E-state index is 0.0628. The predicted octanol–water partition coefficient (Wildman–Crippen LogP) is 4.57. The van der Waals surface area contributed by atoms with Gasteiger partial charge in [-0.25, -0.2) is 0 Å². The van der Waals surface area contributed by atoms with Gasteiger partial charge in [-0.1, -0.05) is 42.5 Å². The number of para-hydroxylation sites is 3. The van der Waals surface area contributed by atoms with E-state index < -0.39 is 5.91 Å². The van der Waals surface area contributed by atoms with Gasteiger partial charge in [0.2, 0.25) is 0 Å². The maximum atomic E-state index is 12.5. The minimum Gasteiger partial charge on any atom is -0.495 e. The Morgan fingerprint density at radius 1 is 0.939 bits per heavy atom. The largest absolute Gasteiger partial charge is 0.495 e. The van der Waals surface area contributed by atoms with Crippen LogP contribution in [0.1, 0.15) is 11.1 Å². The third kappa shape index (κ3) is 6.45. The summed E-state index contributed by atoms with van der Waals surface area (Å²) in [6.45, 7) is 1.77. The number of benzene rings is 3. The van der Waals surface area contributed by atoms with Crippen LogP contribution in [-0.2, 0) is 9.59 Å². The molecule has 0 fully saturated rings. The fourth-order valence-corrected chi connectivity index (χ4v) is 2.96. The number of hydrogen-bond acceptors (Lipinski definition) is 5.